The maximum absolute atomic E-state index is 5.84. The highest BCUT2D eigenvalue weighted by Gasteiger charge is 2.04. The van der Waals surface area contributed by atoms with Gasteiger partial charge in [-0.05, 0) is 24.1 Å². The van der Waals surface area contributed by atoms with E-state index in [-0.39, 0.29) is 0 Å². The van der Waals surface area contributed by atoms with Crippen LogP contribution in [0.4, 0.5) is 0 Å². The number of halogens is 1. The fourth-order valence-electron chi connectivity index (χ4n) is 1.27. The minimum Gasteiger partial charge on any atom is -0.406 e. The first kappa shape index (κ1) is 10.1. The molecule has 0 aliphatic carbocycles. The molecule has 0 N–H and O–H groups in total. The summed E-state index contributed by atoms with van der Waals surface area (Å²) in [6.07, 6.45) is 1.67. The third-order valence-corrected chi connectivity index (χ3v) is 2.30. The lowest BCUT2D eigenvalue weighted by molar-refractivity contribution is 0.0933. The van der Waals surface area contributed by atoms with Crippen molar-refractivity contribution < 1.29 is 4.84 Å². The van der Waals surface area contributed by atoms with Crippen molar-refractivity contribution in [2.45, 2.75) is 13.5 Å². The fraction of sp³-hybridized carbons (Fsp3) is 0.182. The predicted molar refractivity (Wildman–Crippen MR) is 58.7 cm³/mol. The van der Waals surface area contributed by atoms with Gasteiger partial charge in [0.2, 0.25) is 5.28 Å². The van der Waals surface area contributed by atoms with Gasteiger partial charge in [-0.1, -0.05) is 30.3 Å². The van der Waals surface area contributed by atoms with Gasteiger partial charge in [0.15, 0.2) is 0 Å². The molecule has 1 aromatic heterocycles. The van der Waals surface area contributed by atoms with Gasteiger partial charge in [0.1, 0.15) is 6.61 Å². The van der Waals surface area contributed by atoms with Crippen molar-refractivity contribution in [2.75, 3.05) is 0 Å². The molecule has 0 saturated carbocycles. The Bertz CT molecular complexity index is 420. The minimum atomic E-state index is 0.350. The third-order valence-electron chi connectivity index (χ3n) is 2.05. The third kappa shape index (κ3) is 2.30. The Kier molecular flexibility index (Phi) is 2.92. The number of benzene rings is 1. The number of aryl methyl sites for hydroxylation is 1. The number of nitrogens with zero attached hydrogens (tertiary/aromatic N) is 2. The summed E-state index contributed by atoms with van der Waals surface area (Å²) in [6.45, 7) is 2.38. The van der Waals surface area contributed by atoms with Crippen LogP contribution in [-0.4, -0.2) is 9.71 Å². The van der Waals surface area contributed by atoms with Gasteiger partial charge >= 0.3 is 0 Å². The summed E-state index contributed by atoms with van der Waals surface area (Å²) in [5.74, 6) is 0. The zero-order valence-electron chi connectivity index (χ0n) is 8.35. The monoisotopic (exact) mass is 222 g/mol. The number of rotatable bonds is 3. The molecule has 1 heterocycles. The molecule has 0 unspecified atom stereocenters. The van der Waals surface area contributed by atoms with Crippen LogP contribution in [0.3, 0.4) is 0 Å². The highest BCUT2D eigenvalue weighted by Crippen LogP contribution is 2.08. The Morgan fingerprint density at radius 3 is 2.67 bits per heavy atom. The molecule has 1 aromatic carbocycles. The van der Waals surface area contributed by atoms with Crippen LogP contribution >= 0.6 is 11.6 Å². The lowest BCUT2D eigenvalue weighted by atomic mass is 10.2. The Morgan fingerprint density at radius 1 is 1.33 bits per heavy atom. The normalized spacial score (nSPS) is 10.3. The van der Waals surface area contributed by atoms with Crippen LogP contribution in [-0.2, 0) is 6.61 Å². The van der Waals surface area contributed by atoms with E-state index in [2.05, 4.69) is 4.98 Å². The van der Waals surface area contributed by atoms with Crippen molar-refractivity contribution in [1.82, 2.24) is 9.71 Å². The summed E-state index contributed by atoms with van der Waals surface area (Å²) in [5.41, 5.74) is 1.98. The molecule has 0 aliphatic rings. The Labute approximate surface area is 93.2 Å². The van der Waals surface area contributed by atoms with E-state index >= 15 is 0 Å². The number of imidazole rings is 1. The van der Waals surface area contributed by atoms with E-state index in [0.717, 1.165) is 11.3 Å². The maximum Gasteiger partial charge on any atom is 0.236 e. The van der Waals surface area contributed by atoms with Crippen molar-refractivity contribution >= 4 is 11.6 Å². The van der Waals surface area contributed by atoms with Crippen LogP contribution < -0.4 is 4.84 Å². The van der Waals surface area contributed by atoms with Crippen LogP contribution in [0.15, 0.2) is 36.5 Å². The van der Waals surface area contributed by atoms with Crippen LogP contribution in [0.5, 0.6) is 0 Å². The molecular formula is C11H11ClN2O. The molecule has 0 fully saturated rings. The van der Waals surface area contributed by atoms with Gasteiger partial charge in [-0.3, -0.25) is 0 Å². The standard InChI is InChI=1S/C11H11ClN2O/c1-9-7-13-11(12)14(9)15-8-10-5-3-2-4-6-10/h2-7H,8H2,1H3. The molecule has 0 bridgehead atoms. The predicted octanol–water partition coefficient (Wildman–Crippen LogP) is 2.47. The average molecular weight is 223 g/mol. The van der Waals surface area contributed by atoms with Crippen molar-refractivity contribution in [3.8, 4) is 0 Å². The molecule has 0 amide bonds. The molecular weight excluding hydrogens is 212 g/mol. The maximum atomic E-state index is 5.84. The van der Waals surface area contributed by atoms with Crippen molar-refractivity contribution in [2.24, 2.45) is 0 Å². The molecule has 78 valence electrons. The van der Waals surface area contributed by atoms with Gasteiger partial charge in [-0.15, -0.1) is 0 Å². The lowest BCUT2D eigenvalue weighted by Gasteiger charge is -2.08. The van der Waals surface area contributed by atoms with Gasteiger partial charge in [-0.25, -0.2) is 4.98 Å². The Hall–Kier alpha value is -1.48. The molecule has 4 heteroatoms. The average Bonchev–Trinajstić information content (AvgIpc) is 2.58. The van der Waals surface area contributed by atoms with Gasteiger partial charge in [-0.2, -0.15) is 4.73 Å². The number of hydrogen-bond donors (Lipinski definition) is 0. The molecule has 0 saturated heterocycles. The summed E-state index contributed by atoms with van der Waals surface area (Å²) in [7, 11) is 0. The highest BCUT2D eigenvalue weighted by atomic mass is 35.5. The smallest absolute Gasteiger partial charge is 0.236 e. The molecule has 3 nitrogen and oxygen atoms in total. The van der Waals surface area contributed by atoms with Gasteiger partial charge < -0.3 is 4.84 Å². The van der Waals surface area contributed by atoms with Crippen molar-refractivity contribution in [3.05, 3.63) is 53.1 Å². The van der Waals surface area contributed by atoms with E-state index in [1.54, 1.807) is 6.20 Å². The van der Waals surface area contributed by atoms with E-state index in [0.29, 0.717) is 11.9 Å². The largest absolute Gasteiger partial charge is 0.406 e. The molecule has 15 heavy (non-hydrogen) atoms. The zero-order chi connectivity index (χ0) is 10.7. The van der Waals surface area contributed by atoms with E-state index < -0.39 is 0 Å². The SMILES string of the molecule is Cc1cnc(Cl)n1OCc1ccccc1. The van der Waals surface area contributed by atoms with Crippen molar-refractivity contribution in [3.63, 3.8) is 0 Å². The summed E-state index contributed by atoms with van der Waals surface area (Å²) < 4.78 is 1.52. The Morgan fingerprint density at radius 2 is 2.07 bits per heavy atom. The van der Waals surface area contributed by atoms with E-state index in [1.807, 2.05) is 37.3 Å². The first-order chi connectivity index (χ1) is 7.27. The van der Waals surface area contributed by atoms with Crippen LogP contribution in [0, 0.1) is 6.92 Å². The zero-order valence-corrected chi connectivity index (χ0v) is 9.11. The summed E-state index contributed by atoms with van der Waals surface area (Å²) in [5, 5.41) is 0.350. The highest BCUT2D eigenvalue weighted by molar-refractivity contribution is 6.28. The van der Waals surface area contributed by atoms with E-state index in [4.69, 9.17) is 16.4 Å². The van der Waals surface area contributed by atoms with Crippen LogP contribution in [0.25, 0.3) is 0 Å². The minimum absolute atomic E-state index is 0.350. The molecule has 2 aromatic rings. The topological polar surface area (TPSA) is 27.1 Å². The van der Waals surface area contributed by atoms with Gasteiger partial charge in [0.05, 0.1) is 11.9 Å². The molecule has 2 rings (SSSR count). The van der Waals surface area contributed by atoms with E-state index in [1.165, 1.54) is 4.73 Å². The van der Waals surface area contributed by atoms with E-state index in [9.17, 15) is 0 Å². The lowest BCUT2D eigenvalue weighted by Crippen LogP contribution is -2.12. The second-order valence-corrected chi connectivity index (χ2v) is 3.56. The fourth-order valence-corrected chi connectivity index (χ4v) is 1.50. The quantitative estimate of drug-likeness (QED) is 0.798. The molecule has 0 aliphatic heterocycles. The van der Waals surface area contributed by atoms with Crippen LogP contribution in [0.1, 0.15) is 11.3 Å². The van der Waals surface area contributed by atoms with Crippen molar-refractivity contribution in [1.29, 1.82) is 0 Å². The first-order valence-electron chi connectivity index (χ1n) is 4.64. The summed E-state index contributed by atoms with van der Waals surface area (Å²) in [4.78, 5) is 9.45. The summed E-state index contributed by atoms with van der Waals surface area (Å²) in [6, 6.07) is 9.92. The molecule has 0 radical (unpaired) electrons. The second-order valence-electron chi connectivity index (χ2n) is 3.22. The number of aromatic nitrogens is 2. The van der Waals surface area contributed by atoms with Gasteiger partial charge in [0.25, 0.3) is 0 Å². The number of hydrogen-bond acceptors (Lipinski definition) is 2. The molecule has 0 atom stereocenters. The van der Waals surface area contributed by atoms with Crippen LogP contribution in [0.2, 0.25) is 5.28 Å². The molecule has 0 spiro atoms. The first-order valence-corrected chi connectivity index (χ1v) is 5.02. The summed E-state index contributed by atoms with van der Waals surface area (Å²) >= 11 is 5.84. The Balaban J connectivity index is 2.05. The van der Waals surface area contributed by atoms with Gasteiger partial charge in [0, 0.05) is 0 Å². The second kappa shape index (κ2) is 4.36.